The Balaban J connectivity index is 1.73. The third-order valence-electron chi connectivity index (χ3n) is 3.81. The maximum absolute atomic E-state index is 12.4. The molecule has 8 heteroatoms. The molecule has 1 aliphatic heterocycles. The van der Waals surface area contributed by atoms with Crippen LogP contribution in [0.5, 0.6) is 0 Å². The van der Waals surface area contributed by atoms with Crippen LogP contribution in [0.3, 0.4) is 0 Å². The van der Waals surface area contributed by atoms with Gasteiger partial charge in [-0.3, -0.25) is 0 Å². The predicted octanol–water partition coefficient (Wildman–Crippen LogP) is 2.22. The Kier molecular flexibility index (Phi) is 4.14. The molecular weight excluding hydrogens is 314 g/mol. The molecule has 2 aliphatic rings. The number of aromatic nitrogens is 1. The van der Waals surface area contributed by atoms with E-state index >= 15 is 0 Å². The smallest absolute Gasteiger partial charge is 0.187 e. The summed E-state index contributed by atoms with van der Waals surface area (Å²) in [6.07, 6.45) is 3.88. The molecule has 5 nitrogen and oxygen atoms in total. The van der Waals surface area contributed by atoms with Gasteiger partial charge in [0.2, 0.25) is 0 Å². The quantitative estimate of drug-likeness (QED) is 0.859. The molecule has 0 spiro atoms. The van der Waals surface area contributed by atoms with E-state index in [1.807, 2.05) is 11.8 Å². The van der Waals surface area contributed by atoms with Crippen molar-refractivity contribution >= 4 is 44.0 Å². The lowest BCUT2D eigenvalue weighted by Gasteiger charge is -2.21. The van der Waals surface area contributed by atoms with Gasteiger partial charge in [-0.1, -0.05) is 0 Å². The first kappa shape index (κ1) is 14.5. The average Bonchev–Trinajstić information content (AvgIpc) is 3.22. The van der Waals surface area contributed by atoms with E-state index in [-0.39, 0.29) is 16.0 Å². The Labute approximate surface area is 127 Å². The van der Waals surface area contributed by atoms with Crippen molar-refractivity contribution < 1.29 is 8.42 Å². The fourth-order valence-electron chi connectivity index (χ4n) is 2.41. The van der Waals surface area contributed by atoms with Gasteiger partial charge in [0.15, 0.2) is 15.7 Å². The number of thioether (sulfide) groups is 1. The summed E-state index contributed by atoms with van der Waals surface area (Å²) in [6.45, 7) is 0.815. The summed E-state index contributed by atoms with van der Waals surface area (Å²) in [6, 6.07) is 0. The maximum atomic E-state index is 12.4. The second kappa shape index (κ2) is 5.73. The van der Waals surface area contributed by atoms with Crippen LogP contribution in [0, 0.1) is 5.92 Å². The van der Waals surface area contributed by atoms with Gasteiger partial charge < -0.3 is 11.1 Å². The number of anilines is 2. The van der Waals surface area contributed by atoms with Crippen LogP contribution in [0.1, 0.15) is 25.7 Å². The minimum absolute atomic E-state index is 0.156. The standard InChI is InChI=1S/C12H19N3O2S3/c13-11-10(20(16,17)9-1-2-9)12(19-15-11)14-7-8-3-5-18-6-4-8/h8-9,14H,1-7H2,(H2,13,15). The fourth-order valence-corrected chi connectivity index (χ4v) is 6.51. The zero-order valence-electron chi connectivity index (χ0n) is 11.2. The Hall–Kier alpha value is -0.470. The van der Waals surface area contributed by atoms with E-state index < -0.39 is 9.84 Å². The summed E-state index contributed by atoms with van der Waals surface area (Å²) < 4.78 is 28.8. The van der Waals surface area contributed by atoms with Gasteiger partial charge in [0, 0.05) is 6.54 Å². The van der Waals surface area contributed by atoms with Gasteiger partial charge in [-0.25, -0.2) is 8.42 Å². The molecule has 3 rings (SSSR count). The lowest BCUT2D eigenvalue weighted by Crippen LogP contribution is -2.20. The maximum Gasteiger partial charge on any atom is 0.187 e. The van der Waals surface area contributed by atoms with Crippen molar-refractivity contribution in [2.75, 3.05) is 29.1 Å². The molecule has 1 aromatic heterocycles. The van der Waals surface area contributed by atoms with Crippen LogP contribution in [0.25, 0.3) is 0 Å². The van der Waals surface area contributed by atoms with Crippen molar-refractivity contribution in [1.29, 1.82) is 0 Å². The summed E-state index contributed by atoms with van der Waals surface area (Å²) in [5.74, 6) is 3.18. The first-order chi connectivity index (χ1) is 9.59. The van der Waals surface area contributed by atoms with Crippen LogP contribution in [-0.2, 0) is 9.84 Å². The lowest BCUT2D eigenvalue weighted by atomic mass is 10.0. The minimum Gasteiger partial charge on any atom is -0.382 e. The largest absolute Gasteiger partial charge is 0.382 e. The molecule has 0 aromatic carbocycles. The topological polar surface area (TPSA) is 85.1 Å². The number of hydrogen-bond acceptors (Lipinski definition) is 7. The number of nitrogens with zero attached hydrogens (tertiary/aromatic N) is 1. The summed E-state index contributed by atoms with van der Waals surface area (Å²) >= 11 is 3.16. The summed E-state index contributed by atoms with van der Waals surface area (Å²) in [5.41, 5.74) is 5.78. The summed E-state index contributed by atoms with van der Waals surface area (Å²) in [7, 11) is -3.28. The highest BCUT2D eigenvalue weighted by molar-refractivity contribution is 7.99. The van der Waals surface area contributed by atoms with E-state index in [0.29, 0.717) is 10.9 Å². The molecule has 0 radical (unpaired) electrons. The lowest BCUT2D eigenvalue weighted by molar-refractivity contribution is 0.516. The number of rotatable bonds is 5. The predicted molar refractivity (Wildman–Crippen MR) is 85.3 cm³/mol. The van der Waals surface area contributed by atoms with Gasteiger partial charge >= 0.3 is 0 Å². The van der Waals surface area contributed by atoms with Crippen molar-refractivity contribution in [2.45, 2.75) is 35.8 Å². The minimum atomic E-state index is -3.28. The van der Waals surface area contributed by atoms with E-state index in [4.69, 9.17) is 5.73 Å². The molecule has 112 valence electrons. The van der Waals surface area contributed by atoms with E-state index in [2.05, 4.69) is 9.69 Å². The van der Waals surface area contributed by atoms with Crippen LogP contribution in [0.15, 0.2) is 4.90 Å². The normalized spacial score (nSPS) is 21.0. The van der Waals surface area contributed by atoms with Crippen LogP contribution in [0.4, 0.5) is 10.8 Å². The fraction of sp³-hybridized carbons (Fsp3) is 0.750. The van der Waals surface area contributed by atoms with Gasteiger partial charge in [-0.05, 0) is 54.6 Å². The average molecular weight is 334 g/mol. The second-order valence-electron chi connectivity index (χ2n) is 5.41. The van der Waals surface area contributed by atoms with E-state index in [1.165, 1.54) is 35.9 Å². The van der Waals surface area contributed by atoms with Gasteiger partial charge in [0.25, 0.3) is 0 Å². The molecule has 1 aliphatic carbocycles. The SMILES string of the molecule is Nc1nsc(NCC2CCSCC2)c1S(=O)(=O)C1CC1. The van der Waals surface area contributed by atoms with Gasteiger partial charge in [-0.15, -0.1) is 0 Å². The number of nitrogens with one attached hydrogen (secondary N) is 1. The molecule has 2 fully saturated rings. The number of nitrogens with two attached hydrogens (primary N) is 1. The van der Waals surface area contributed by atoms with E-state index in [0.717, 1.165) is 19.4 Å². The van der Waals surface area contributed by atoms with Crippen molar-refractivity contribution in [1.82, 2.24) is 4.37 Å². The zero-order valence-corrected chi connectivity index (χ0v) is 13.6. The molecular formula is C12H19N3O2S3. The van der Waals surface area contributed by atoms with Crippen LogP contribution in [-0.4, -0.2) is 36.1 Å². The molecule has 20 heavy (non-hydrogen) atoms. The van der Waals surface area contributed by atoms with Gasteiger partial charge in [-0.2, -0.15) is 16.1 Å². The third-order valence-corrected chi connectivity index (χ3v) is 8.14. The Bertz CT molecular complexity index is 575. The van der Waals surface area contributed by atoms with E-state index in [1.54, 1.807) is 0 Å². The molecule has 0 unspecified atom stereocenters. The summed E-state index contributed by atoms with van der Waals surface area (Å²) in [4.78, 5) is 0.246. The van der Waals surface area contributed by atoms with Crippen molar-refractivity contribution in [3.05, 3.63) is 0 Å². The number of nitrogen functional groups attached to an aromatic ring is 1. The van der Waals surface area contributed by atoms with Crippen LogP contribution in [0.2, 0.25) is 0 Å². The highest BCUT2D eigenvalue weighted by Gasteiger charge is 2.40. The highest BCUT2D eigenvalue weighted by atomic mass is 32.2. The number of hydrogen-bond donors (Lipinski definition) is 2. The first-order valence-corrected chi connectivity index (χ1v) is 10.4. The van der Waals surface area contributed by atoms with Gasteiger partial charge in [0.05, 0.1) is 5.25 Å². The molecule has 0 amide bonds. The van der Waals surface area contributed by atoms with Crippen LogP contribution < -0.4 is 11.1 Å². The Morgan fingerprint density at radius 3 is 2.60 bits per heavy atom. The van der Waals surface area contributed by atoms with E-state index in [9.17, 15) is 8.42 Å². The van der Waals surface area contributed by atoms with Gasteiger partial charge in [0.1, 0.15) is 9.90 Å². The summed E-state index contributed by atoms with van der Waals surface area (Å²) in [5, 5.41) is 3.67. The molecule has 1 saturated carbocycles. The molecule has 2 heterocycles. The Morgan fingerprint density at radius 2 is 1.95 bits per heavy atom. The monoisotopic (exact) mass is 333 g/mol. The molecule has 1 saturated heterocycles. The van der Waals surface area contributed by atoms with Crippen LogP contribution >= 0.6 is 23.3 Å². The second-order valence-corrected chi connectivity index (χ2v) is 9.57. The van der Waals surface area contributed by atoms with Crippen molar-refractivity contribution in [3.63, 3.8) is 0 Å². The molecule has 0 atom stereocenters. The number of sulfone groups is 1. The molecule has 3 N–H and O–H groups in total. The molecule has 1 aromatic rings. The van der Waals surface area contributed by atoms with Crippen molar-refractivity contribution in [2.24, 2.45) is 5.92 Å². The zero-order chi connectivity index (χ0) is 14.2. The third kappa shape index (κ3) is 2.92. The first-order valence-electron chi connectivity index (χ1n) is 6.89. The molecule has 0 bridgehead atoms. The highest BCUT2D eigenvalue weighted by Crippen LogP contribution is 2.41. The van der Waals surface area contributed by atoms with Crippen molar-refractivity contribution in [3.8, 4) is 0 Å². The Morgan fingerprint density at radius 1 is 1.25 bits per heavy atom.